The summed E-state index contributed by atoms with van der Waals surface area (Å²) in [6, 6.07) is 24.0. The molecule has 1 aliphatic heterocycles. The molecular formula is C24H17Cl2N5O. The molecule has 5 rings (SSSR count). The van der Waals surface area contributed by atoms with Gasteiger partial charge >= 0.3 is 0 Å². The van der Waals surface area contributed by atoms with Gasteiger partial charge < -0.3 is 5.32 Å². The van der Waals surface area contributed by atoms with Gasteiger partial charge in [-0.2, -0.15) is 4.98 Å². The third-order valence-corrected chi connectivity index (χ3v) is 5.60. The van der Waals surface area contributed by atoms with Gasteiger partial charge in [-0.15, -0.1) is 5.10 Å². The van der Waals surface area contributed by atoms with Crippen LogP contribution in [0.5, 0.6) is 0 Å². The number of fused-ring (bicyclic) bond motifs is 1. The number of aromatic nitrogens is 3. The molecule has 158 valence electrons. The Labute approximate surface area is 194 Å². The predicted octanol–water partition coefficient (Wildman–Crippen LogP) is 5.89. The summed E-state index contributed by atoms with van der Waals surface area (Å²) in [6.45, 7) is 0. The van der Waals surface area contributed by atoms with Crippen LogP contribution < -0.4 is 10.6 Å². The second-order valence-corrected chi connectivity index (χ2v) is 8.11. The predicted molar refractivity (Wildman–Crippen MR) is 127 cm³/mol. The number of benzene rings is 3. The van der Waals surface area contributed by atoms with Crippen LogP contribution in [-0.2, 0) is 0 Å². The molecule has 0 saturated carbocycles. The van der Waals surface area contributed by atoms with Crippen molar-refractivity contribution in [2.75, 3.05) is 10.6 Å². The molecule has 1 amide bonds. The second kappa shape index (κ2) is 8.49. The van der Waals surface area contributed by atoms with Crippen molar-refractivity contribution < 1.29 is 4.79 Å². The van der Waals surface area contributed by atoms with E-state index in [-0.39, 0.29) is 17.9 Å². The zero-order valence-electron chi connectivity index (χ0n) is 16.7. The average molecular weight is 462 g/mol. The van der Waals surface area contributed by atoms with Crippen LogP contribution in [-0.4, -0.2) is 20.7 Å². The lowest BCUT2D eigenvalue weighted by atomic mass is 10.0. The molecule has 0 unspecified atom stereocenters. The number of carbonyl (C=O) groups excluding carboxylic acids is 1. The monoisotopic (exact) mass is 461 g/mol. The molecule has 4 aromatic rings. The lowest BCUT2D eigenvalue weighted by molar-refractivity contribution is 0.102. The van der Waals surface area contributed by atoms with Gasteiger partial charge in [-0.1, -0.05) is 65.7 Å². The van der Waals surface area contributed by atoms with E-state index < -0.39 is 0 Å². The summed E-state index contributed by atoms with van der Waals surface area (Å²) in [6.07, 6.45) is 2.07. The maximum atomic E-state index is 12.6. The average Bonchev–Trinajstić information content (AvgIpc) is 3.22. The van der Waals surface area contributed by atoms with Gasteiger partial charge in [0.1, 0.15) is 6.04 Å². The number of carbonyl (C=O) groups is 1. The van der Waals surface area contributed by atoms with E-state index >= 15 is 0 Å². The third-order valence-electron chi connectivity index (χ3n) is 5.09. The lowest BCUT2D eigenvalue weighted by Crippen LogP contribution is -2.20. The van der Waals surface area contributed by atoms with E-state index in [4.69, 9.17) is 23.2 Å². The van der Waals surface area contributed by atoms with E-state index in [0.717, 1.165) is 16.8 Å². The number of nitrogens with zero attached hydrogens (tertiary/aromatic N) is 3. The first-order valence-electron chi connectivity index (χ1n) is 9.90. The van der Waals surface area contributed by atoms with E-state index in [1.165, 1.54) is 0 Å². The number of allylic oxidation sites excluding steroid dienone is 1. The van der Waals surface area contributed by atoms with Crippen molar-refractivity contribution in [3.63, 3.8) is 0 Å². The van der Waals surface area contributed by atoms with Crippen molar-refractivity contribution in [3.8, 4) is 0 Å². The van der Waals surface area contributed by atoms with Gasteiger partial charge in [0.2, 0.25) is 5.95 Å². The molecule has 0 bridgehead atoms. The SMILES string of the molecule is O=C(Nc1nc2n(n1)[C@H](c1ccc(Cl)cc1)C=C(c1ccccc1)N2)c1ccc(Cl)cc1. The Balaban J connectivity index is 1.50. The standard InChI is InChI=1S/C24H17Cl2N5O/c25-18-10-6-16(7-11-18)21-14-20(15-4-2-1-3-5-15)27-24-29-23(30-31(21)24)28-22(32)17-8-12-19(26)13-9-17/h1-14,21H,(H2,27,28,29,30,32)/t21-/m0/s1. The summed E-state index contributed by atoms with van der Waals surface area (Å²) in [4.78, 5) is 17.1. The van der Waals surface area contributed by atoms with E-state index in [2.05, 4.69) is 26.8 Å². The minimum atomic E-state index is -0.316. The molecule has 1 aromatic heterocycles. The fraction of sp³-hybridized carbons (Fsp3) is 0.0417. The molecule has 0 saturated heterocycles. The molecule has 32 heavy (non-hydrogen) atoms. The number of hydrogen-bond donors (Lipinski definition) is 2. The minimum Gasteiger partial charge on any atom is -0.324 e. The summed E-state index contributed by atoms with van der Waals surface area (Å²) in [5, 5.41) is 11.9. The molecular weight excluding hydrogens is 445 g/mol. The Morgan fingerprint density at radius 3 is 2.25 bits per heavy atom. The minimum absolute atomic E-state index is 0.203. The molecule has 1 atom stereocenters. The van der Waals surface area contributed by atoms with Gasteiger partial charge in [0.05, 0.1) is 0 Å². The van der Waals surface area contributed by atoms with Gasteiger partial charge in [-0.3, -0.25) is 10.1 Å². The maximum absolute atomic E-state index is 12.6. The van der Waals surface area contributed by atoms with Gasteiger partial charge in [0, 0.05) is 21.3 Å². The number of hydrogen-bond acceptors (Lipinski definition) is 4. The van der Waals surface area contributed by atoms with Crippen molar-refractivity contribution >= 4 is 46.7 Å². The lowest BCUT2D eigenvalue weighted by Gasteiger charge is -2.24. The maximum Gasteiger partial charge on any atom is 0.258 e. The summed E-state index contributed by atoms with van der Waals surface area (Å²) in [7, 11) is 0. The summed E-state index contributed by atoms with van der Waals surface area (Å²) in [5.74, 6) is 0.413. The molecule has 0 fully saturated rings. The normalized spacial score (nSPS) is 14.8. The van der Waals surface area contributed by atoms with E-state index in [0.29, 0.717) is 21.6 Å². The third kappa shape index (κ3) is 4.10. The molecule has 3 aromatic carbocycles. The van der Waals surface area contributed by atoms with Gasteiger partial charge in [-0.05, 0) is 53.6 Å². The van der Waals surface area contributed by atoms with E-state index in [9.17, 15) is 4.79 Å². The smallest absolute Gasteiger partial charge is 0.258 e. The number of rotatable bonds is 4. The first-order valence-corrected chi connectivity index (χ1v) is 10.7. The molecule has 2 N–H and O–H groups in total. The Hall–Kier alpha value is -3.61. The Bertz CT molecular complexity index is 1300. The molecule has 0 radical (unpaired) electrons. The largest absolute Gasteiger partial charge is 0.324 e. The van der Waals surface area contributed by atoms with Crippen molar-refractivity contribution in [2.45, 2.75) is 6.04 Å². The molecule has 2 heterocycles. The van der Waals surface area contributed by atoms with Crippen LogP contribution in [0.15, 0.2) is 84.9 Å². The first kappa shape index (κ1) is 20.3. The summed E-state index contributed by atoms with van der Waals surface area (Å²) < 4.78 is 1.74. The highest BCUT2D eigenvalue weighted by Gasteiger charge is 2.26. The number of amides is 1. The zero-order chi connectivity index (χ0) is 22.1. The van der Waals surface area contributed by atoms with Gasteiger partial charge in [-0.25, -0.2) is 4.68 Å². The Morgan fingerprint density at radius 1 is 0.906 bits per heavy atom. The second-order valence-electron chi connectivity index (χ2n) is 7.23. The molecule has 8 heteroatoms. The van der Waals surface area contributed by atoms with E-state index in [1.807, 2.05) is 54.6 Å². The van der Waals surface area contributed by atoms with Crippen LogP contribution in [0.3, 0.4) is 0 Å². The highest BCUT2D eigenvalue weighted by atomic mass is 35.5. The zero-order valence-corrected chi connectivity index (χ0v) is 18.2. The summed E-state index contributed by atoms with van der Waals surface area (Å²) >= 11 is 12.0. The number of halogens is 2. The van der Waals surface area contributed by atoms with Crippen molar-refractivity contribution in [1.29, 1.82) is 0 Å². The van der Waals surface area contributed by atoms with Crippen LogP contribution in [0.2, 0.25) is 10.0 Å². The number of nitrogens with one attached hydrogen (secondary N) is 2. The quantitative estimate of drug-likeness (QED) is 0.397. The van der Waals surface area contributed by atoms with Crippen LogP contribution in [0, 0.1) is 0 Å². The van der Waals surface area contributed by atoms with Crippen molar-refractivity contribution in [1.82, 2.24) is 14.8 Å². The topological polar surface area (TPSA) is 71.8 Å². The molecule has 6 nitrogen and oxygen atoms in total. The van der Waals surface area contributed by atoms with Gasteiger partial charge in [0.15, 0.2) is 0 Å². The van der Waals surface area contributed by atoms with E-state index in [1.54, 1.807) is 28.9 Å². The van der Waals surface area contributed by atoms with Crippen molar-refractivity contribution in [2.24, 2.45) is 0 Å². The van der Waals surface area contributed by atoms with Crippen LogP contribution >= 0.6 is 23.2 Å². The van der Waals surface area contributed by atoms with Crippen LogP contribution in [0.4, 0.5) is 11.9 Å². The van der Waals surface area contributed by atoms with Crippen LogP contribution in [0.25, 0.3) is 5.70 Å². The highest BCUT2D eigenvalue weighted by Crippen LogP contribution is 2.33. The molecule has 0 spiro atoms. The van der Waals surface area contributed by atoms with Crippen molar-refractivity contribution in [3.05, 3.63) is 112 Å². The Kier molecular flexibility index (Phi) is 5.39. The molecule has 0 aliphatic carbocycles. The Morgan fingerprint density at radius 2 is 1.56 bits per heavy atom. The summed E-state index contributed by atoms with van der Waals surface area (Å²) in [5.41, 5.74) is 3.38. The fourth-order valence-electron chi connectivity index (χ4n) is 3.50. The van der Waals surface area contributed by atoms with Gasteiger partial charge in [0.25, 0.3) is 11.9 Å². The highest BCUT2D eigenvalue weighted by molar-refractivity contribution is 6.30. The molecule has 1 aliphatic rings. The first-order chi connectivity index (χ1) is 15.6. The van der Waals surface area contributed by atoms with Crippen LogP contribution in [0.1, 0.15) is 27.5 Å². The fourth-order valence-corrected chi connectivity index (χ4v) is 3.76. The number of anilines is 2.